The molecule has 1 atom stereocenters. The van der Waals surface area contributed by atoms with E-state index >= 15 is 0 Å². The van der Waals surface area contributed by atoms with E-state index < -0.39 is 29.5 Å². The van der Waals surface area contributed by atoms with Gasteiger partial charge in [-0.05, 0) is 20.8 Å². The molecule has 0 spiro atoms. The topological polar surface area (TPSA) is 56.2 Å². The number of aryl methyl sites for hydroxylation is 1. The van der Waals surface area contributed by atoms with Crippen molar-refractivity contribution >= 4 is 5.97 Å². The lowest BCUT2D eigenvalue weighted by molar-refractivity contribution is -0.158. The van der Waals surface area contributed by atoms with Crippen molar-refractivity contribution in [1.82, 2.24) is 15.1 Å². The number of aromatic nitrogens is 2. The summed E-state index contributed by atoms with van der Waals surface area (Å²) in [6.45, 7) is 5.40. The Balaban J connectivity index is 2.45. The van der Waals surface area contributed by atoms with Crippen molar-refractivity contribution in [3.8, 4) is 0 Å². The summed E-state index contributed by atoms with van der Waals surface area (Å²) < 4.78 is 45.7. The number of fused-ring (bicyclic) bond motifs is 1. The fraction of sp³-hybridized carbons (Fsp3) is 0.692. The molecule has 0 aliphatic carbocycles. The zero-order valence-electron chi connectivity index (χ0n) is 12.3. The van der Waals surface area contributed by atoms with Gasteiger partial charge in [0.25, 0.3) is 0 Å². The molecule has 0 saturated carbocycles. The summed E-state index contributed by atoms with van der Waals surface area (Å²) in [5.74, 6) is -0.720. The molecule has 5 nitrogen and oxygen atoms in total. The Kier molecular flexibility index (Phi) is 3.77. The Bertz CT molecular complexity index is 558. The summed E-state index contributed by atoms with van der Waals surface area (Å²) in [4.78, 5) is 12.2. The average molecular weight is 305 g/mol. The second-order valence-corrected chi connectivity index (χ2v) is 6.00. The third kappa shape index (κ3) is 3.20. The number of rotatable bonds is 1. The minimum Gasteiger partial charge on any atom is -0.459 e. The van der Waals surface area contributed by atoms with Crippen molar-refractivity contribution in [1.29, 1.82) is 0 Å². The molecule has 1 aromatic heterocycles. The lowest BCUT2D eigenvalue weighted by Gasteiger charge is -2.28. The van der Waals surface area contributed by atoms with Gasteiger partial charge < -0.3 is 10.1 Å². The predicted molar refractivity (Wildman–Crippen MR) is 68.5 cm³/mol. The van der Waals surface area contributed by atoms with Gasteiger partial charge in [0, 0.05) is 31.3 Å². The van der Waals surface area contributed by atoms with Gasteiger partial charge in [0.15, 0.2) is 5.69 Å². The SMILES string of the molecule is Cn1nc(C(F)(F)F)c2c1CCNC2C(=O)OC(C)(C)C. The third-order valence-corrected chi connectivity index (χ3v) is 3.12. The molecule has 0 bridgehead atoms. The van der Waals surface area contributed by atoms with Crippen LogP contribution in [0, 0.1) is 0 Å². The first-order chi connectivity index (χ1) is 9.50. The number of carbonyl (C=O) groups excluding carboxylic acids is 1. The molecule has 2 rings (SSSR count). The number of alkyl halides is 3. The molecule has 1 aromatic rings. The number of carbonyl (C=O) groups is 1. The first-order valence-corrected chi connectivity index (χ1v) is 6.60. The van der Waals surface area contributed by atoms with Crippen LogP contribution < -0.4 is 5.32 Å². The van der Waals surface area contributed by atoms with Crippen LogP contribution in [0.5, 0.6) is 0 Å². The zero-order valence-corrected chi connectivity index (χ0v) is 12.3. The average Bonchev–Trinajstić information content (AvgIpc) is 2.64. The normalized spacial score (nSPS) is 19.3. The van der Waals surface area contributed by atoms with Crippen molar-refractivity contribution in [2.24, 2.45) is 7.05 Å². The minimum atomic E-state index is -4.61. The first-order valence-electron chi connectivity index (χ1n) is 6.60. The maximum Gasteiger partial charge on any atom is 0.435 e. The molecule has 2 heterocycles. The van der Waals surface area contributed by atoms with Crippen LogP contribution in [0.2, 0.25) is 0 Å². The number of hydrogen-bond acceptors (Lipinski definition) is 4. The first kappa shape index (κ1) is 15.8. The third-order valence-electron chi connectivity index (χ3n) is 3.12. The highest BCUT2D eigenvalue weighted by atomic mass is 19.4. The standard InChI is InChI=1S/C13H18F3N3O2/c1-12(2,3)21-11(20)9-8-7(5-6-17-9)19(4)18-10(8)13(14,15)16/h9,17H,5-6H2,1-4H3. The Morgan fingerprint density at radius 2 is 2.00 bits per heavy atom. The lowest BCUT2D eigenvalue weighted by Crippen LogP contribution is -2.40. The molecule has 0 aromatic carbocycles. The molecule has 1 aliphatic heterocycles. The number of nitrogens with one attached hydrogen (secondary N) is 1. The minimum absolute atomic E-state index is 0.120. The van der Waals surface area contributed by atoms with E-state index in [1.807, 2.05) is 0 Å². The Morgan fingerprint density at radius 1 is 1.38 bits per heavy atom. The second-order valence-electron chi connectivity index (χ2n) is 6.00. The Labute approximate surface area is 120 Å². The van der Waals surface area contributed by atoms with Gasteiger partial charge >= 0.3 is 12.1 Å². The van der Waals surface area contributed by atoms with Crippen molar-refractivity contribution in [3.63, 3.8) is 0 Å². The van der Waals surface area contributed by atoms with Gasteiger partial charge in [0.2, 0.25) is 0 Å². The van der Waals surface area contributed by atoms with Crippen LogP contribution in [0.4, 0.5) is 13.2 Å². The summed E-state index contributed by atoms with van der Waals surface area (Å²) in [6, 6.07) is -1.14. The molecule has 1 aliphatic rings. The Hall–Kier alpha value is -1.57. The summed E-state index contributed by atoms with van der Waals surface area (Å²) >= 11 is 0. The van der Waals surface area contributed by atoms with Crippen LogP contribution in [0.1, 0.15) is 43.8 Å². The number of esters is 1. The van der Waals surface area contributed by atoms with Crippen molar-refractivity contribution in [2.75, 3.05) is 6.54 Å². The van der Waals surface area contributed by atoms with E-state index in [9.17, 15) is 18.0 Å². The van der Waals surface area contributed by atoms with Crippen LogP contribution in [-0.4, -0.2) is 27.9 Å². The summed E-state index contributed by atoms with van der Waals surface area (Å²) in [7, 11) is 1.45. The van der Waals surface area contributed by atoms with E-state index in [4.69, 9.17) is 4.74 Å². The molecular formula is C13H18F3N3O2. The fourth-order valence-electron chi connectivity index (χ4n) is 2.38. The van der Waals surface area contributed by atoms with E-state index in [1.54, 1.807) is 20.8 Å². The van der Waals surface area contributed by atoms with E-state index in [0.717, 1.165) is 0 Å². The van der Waals surface area contributed by atoms with Gasteiger partial charge in [-0.2, -0.15) is 18.3 Å². The molecule has 8 heteroatoms. The van der Waals surface area contributed by atoms with E-state index in [2.05, 4.69) is 10.4 Å². The van der Waals surface area contributed by atoms with Crippen LogP contribution in [0.15, 0.2) is 0 Å². The van der Waals surface area contributed by atoms with E-state index in [-0.39, 0.29) is 5.56 Å². The molecule has 21 heavy (non-hydrogen) atoms. The van der Waals surface area contributed by atoms with Crippen molar-refractivity contribution in [2.45, 2.75) is 45.0 Å². The molecular weight excluding hydrogens is 287 g/mol. The van der Waals surface area contributed by atoms with Crippen molar-refractivity contribution < 1.29 is 22.7 Å². The molecule has 0 fully saturated rings. The summed E-state index contributed by atoms with van der Waals surface area (Å²) in [5.41, 5.74) is -1.50. The largest absolute Gasteiger partial charge is 0.459 e. The van der Waals surface area contributed by atoms with Gasteiger partial charge in [-0.3, -0.25) is 4.68 Å². The summed E-state index contributed by atoms with van der Waals surface area (Å²) in [6.07, 6.45) is -4.22. The quantitative estimate of drug-likeness (QED) is 0.806. The molecule has 0 saturated heterocycles. The van der Waals surface area contributed by atoms with Crippen LogP contribution >= 0.6 is 0 Å². The Morgan fingerprint density at radius 3 is 2.52 bits per heavy atom. The number of hydrogen-bond donors (Lipinski definition) is 1. The van der Waals surface area contributed by atoms with Gasteiger partial charge in [0.1, 0.15) is 11.6 Å². The second kappa shape index (κ2) is 5.01. The molecule has 118 valence electrons. The zero-order chi connectivity index (χ0) is 16.0. The van der Waals surface area contributed by atoms with E-state index in [1.165, 1.54) is 11.7 Å². The molecule has 0 amide bonds. The monoisotopic (exact) mass is 305 g/mol. The number of nitrogens with zero attached hydrogens (tertiary/aromatic N) is 2. The van der Waals surface area contributed by atoms with Crippen LogP contribution in [-0.2, 0) is 29.2 Å². The maximum atomic E-state index is 13.1. The molecule has 0 radical (unpaired) electrons. The van der Waals surface area contributed by atoms with Crippen LogP contribution in [0.3, 0.4) is 0 Å². The molecule has 1 N–H and O–H groups in total. The smallest absolute Gasteiger partial charge is 0.435 e. The van der Waals surface area contributed by atoms with Gasteiger partial charge in [-0.15, -0.1) is 0 Å². The van der Waals surface area contributed by atoms with Gasteiger partial charge in [-0.25, -0.2) is 4.79 Å². The fourth-order valence-corrected chi connectivity index (χ4v) is 2.38. The highest BCUT2D eigenvalue weighted by molar-refractivity contribution is 5.79. The number of halogens is 3. The van der Waals surface area contributed by atoms with Gasteiger partial charge in [-0.1, -0.05) is 0 Å². The van der Waals surface area contributed by atoms with Crippen LogP contribution in [0.25, 0.3) is 0 Å². The highest BCUT2D eigenvalue weighted by Gasteiger charge is 2.44. The maximum absolute atomic E-state index is 13.1. The van der Waals surface area contributed by atoms with Gasteiger partial charge in [0.05, 0.1) is 0 Å². The highest BCUT2D eigenvalue weighted by Crippen LogP contribution is 2.37. The number of ether oxygens (including phenoxy) is 1. The van der Waals surface area contributed by atoms with E-state index in [0.29, 0.717) is 18.7 Å². The predicted octanol–water partition coefficient (Wildman–Crippen LogP) is 1.97. The lowest BCUT2D eigenvalue weighted by atomic mass is 9.97. The van der Waals surface area contributed by atoms with Crippen molar-refractivity contribution in [3.05, 3.63) is 17.0 Å². The summed E-state index contributed by atoms with van der Waals surface area (Å²) in [5, 5.41) is 6.33. The molecule has 1 unspecified atom stereocenters.